The Labute approximate surface area is 109 Å². The molecule has 1 aliphatic rings. The molecule has 1 aromatic heterocycles. The minimum atomic E-state index is 0.434. The monoisotopic (exact) mass is 252 g/mol. The van der Waals surface area contributed by atoms with Gasteiger partial charge < -0.3 is 14.9 Å². The molecule has 102 valence electrons. The van der Waals surface area contributed by atoms with E-state index in [1.807, 2.05) is 12.1 Å². The molecule has 0 amide bonds. The molecule has 0 saturated carbocycles. The molecule has 0 aromatic carbocycles. The van der Waals surface area contributed by atoms with Gasteiger partial charge in [-0.3, -0.25) is 4.90 Å². The van der Waals surface area contributed by atoms with Crippen molar-refractivity contribution in [1.29, 1.82) is 0 Å². The molecule has 0 spiro atoms. The van der Waals surface area contributed by atoms with E-state index < -0.39 is 0 Å². The fourth-order valence-corrected chi connectivity index (χ4v) is 2.81. The van der Waals surface area contributed by atoms with Crippen molar-refractivity contribution in [3.63, 3.8) is 0 Å². The second-order valence-corrected chi connectivity index (χ2v) is 4.90. The molecule has 2 heterocycles. The SMILES string of the molecule is CCN(Cc1ccco1)C(CN)C1CCOCC1. The van der Waals surface area contributed by atoms with Crippen LogP contribution in [0.25, 0.3) is 0 Å². The Balaban J connectivity index is 1.98. The Morgan fingerprint density at radius 3 is 2.78 bits per heavy atom. The topological polar surface area (TPSA) is 51.6 Å². The number of nitrogens with zero attached hydrogens (tertiary/aromatic N) is 1. The third-order valence-corrected chi connectivity index (χ3v) is 3.87. The number of nitrogens with two attached hydrogens (primary N) is 1. The Morgan fingerprint density at radius 2 is 2.22 bits per heavy atom. The van der Waals surface area contributed by atoms with E-state index in [-0.39, 0.29) is 0 Å². The average Bonchev–Trinajstić information content (AvgIpc) is 2.92. The Kier molecular flexibility index (Phi) is 5.23. The van der Waals surface area contributed by atoms with E-state index in [4.69, 9.17) is 14.9 Å². The van der Waals surface area contributed by atoms with Crippen molar-refractivity contribution in [2.45, 2.75) is 32.4 Å². The van der Waals surface area contributed by atoms with Crippen molar-refractivity contribution in [3.8, 4) is 0 Å². The molecule has 18 heavy (non-hydrogen) atoms. The maximum absolute atomic E-state index is 6.00. The van der Waals surface area contributed by atoms with Gasteiger partial charge in [-0.2, -0.15) is 0 Å². The van der Waals surface area contributed by atoms with Gasteiger partial charge in [-0.25, -0.2) is 0 Å². The second kappa shape index (κ2) is 6.92. The van der Waals surface area contributed by atoms with Gasteiger partial charge in [0.15, 0.2) is 0 Å². The zero-order valence-corrected chi connectivity index (χ0v) is 11.2. The van der Waals surface area contributed by atoms with Gasteiger partial charge in [0.05, 0.1) is 12.8 Å². The van der Waals surface area contributed by atoms with E-state index in [2.05, 4.69) is 11.8 Å². The van der Waals surface area contributed by atoms with Gasteiger partial charge in [0, 0.05) is 25.8 Å². The fraction of sp³-hybridized carbons (Fsp3) is 0.714. The molecular formula is C14H24N2O2. The highest BCUT2D eigenvalue weighted by Gasteiger charge is 2.27. The normalized spacial score (nSPS) is 19.3. The van der Waals surface area contributed by atoms with Crippen LogP contribution in [0.5, 0.6) is 0 Å². The highest BCUT2D eigenvalue weighted by molar-refractivity contribution is 4.99. The van der Waals surface area contributed by atoms with Crippen LogP contribution >= 0.6 is 0 Å². The molecule has 2 rings (SSSR count). The number of rotatable bonds is 6. The van der Waals surface area contributed by atoms with Crippen LogP contribution in [0, 0.1) is 5.92 Å². The van der Waals surface area contributed by atoms with Gasteiger partial charge in [-0.15, -0.1) is 0 Å². The molecule has 2 N–H and O–H groups in total. The van der Waals surface area contributed by atoms with Crippen molar-refractivity contribution in [2.75, 3.05) is 26.3 Å². The minimum absolute atomic E-state index is 0.434. The first-order valence-electron chi connectivity index (χ1n) is 6.89. The van der Waals surface area contributed by atoms with Gasteiger partial charge in [-0.1, -0.05) is 6.92 Å². The van der Waals surface area contributed by atoms with Crippen LogP contribution in [-0.4, -0.2) is 37.2 Å². The third-order valence-electron chi connectivity index (χ3n) is 3.87. The Bertz CT molecular complexity index is 321. The summed E-state index contributed by atoms with van der Waals surface area (Å²) in [5.41, 5.74) is 6.00. The minimum Gasteiger partial charge on any atom is -0.468 e. The lowest BCUT2D eigenvalue weighted by atomic mass is 9.90. The Morgan fingerprint density at radius 1 is 1.44 bits per heavy atom. The van der Waals surface area contributed by atoms with Crippen molar-refractivity contribution < 1.29 is 9.15 Å². The Hall–Kier alpha value is -0.840. The number of furan rings is 1. The number of likely N-dealkylation sites (N-methyl/N-ethyl adjacent to an activating group) is 1. The highest BCUT2D eigenvalue weighted by atomic mass is 16.5. The first-order chi connectivity index (χ1) is 8.85. The zero-order valence-electron chi connectivity index (χ0n) is 11.2. The van der Waals surface area contributed by atoms with Crippen molar-refractivity contribution in [3.05, 3.63) is 24.2 Å². The van der Waals surface area contributed by atoms with Gasteiger partial charge in [0.2, 0.25) is 0 Å². The molecule has 4 heteroatoms. The van der Waals surface area contributed by atoms with E-state index in [0.717, 1.165) is 44.9 Å². The summed E-state index contributed by atoms with van der Waals surface area (Å²) in [5, 5.41) is 0. The summed E-state index contributed by atoms with van der Waals surface area (Å²) in [5.74, 6) is 1.67. The molecule has 4 nitrogen and oxygen atoms in total. The summed E-state index contributed by atoms with van der Waals surface area (Å²) in [7, 11) is 0. The van der Waals surface area contributed by atoms with E-state index in [1.165, 1.54) is 0 Å². The van der Waals surface area contributed by atoms with Crippen LogP contribution in [0.3, 0.4) is 0 Å². The average molecular weight is 252 g/mol. The molecule has 0 aliphatic carbocycles. The summed E-state index contributed by atoms with van der Waals surface area (Å²) < 4.78 is 10.9. The van der Waals surface area contributed by atoms with Gasteiger partial charge >= 0.3 is 0 Å². The van der Waals surface area contributed by atoms with Crippen molar-refractivity contribution in [2.24, 2.45) is 11.7 Å². The quantitative estimate of drug-likeness (QED) is 0.839. The molecule has 1 fully saturated rings. The van der Waals surface area contributed by atoms with Crippen LogP contribution in [0.15, 0.2) is 22.8 Å². The van der Waals surface area contributed by atoms with Crippen molar-refractivity contribution >= 4 is 0 Å². The summed E-state index contributed by atoms with van der Waals surface area (Å²) in [6, 6.07) is 4.40. The summed E-state index contributed by atoms with van der Waals surface area (Å²) in [4.78, 5) is 2.43. The number of hydrogen-bond donors (Lipinski definition) is 1. The lowest BCUT2D eigenvalue weighted by Gasteiger charge is -2.37. The zero-order chi connectivity index (χ0) is 12.8. The largest absolute Gasteiger partial charge is 0.468 e. The standard InChI is InChI=1S/C14H24N2O2/c1-2-16(11-13-4-3-7-18-13)14(10-15)12-5-8-17-9-6-12/h3-4,7,12,14H,2,5-6,8-11,15H2,1H3. The van der Waals surface area contributed by atoms with Crippen LogP contribution in [-0.2, 0) is 11.3 Å². The van der Waals surface area contributed by atoms with Gasteiger partial charge in [0.1, 0.15) is 5.76 Å². The predicted octanol–water partition coefficient (Wildman–Crippen LogP) is 1.86. The first kappa shape index (κ1) is 13.6. The van der Waals surface area contributed by atoms with E-state index in [9.17, 15) is 0 Å². The molecule has 0 radical (unpaired) electrons. The predicted molar refractivity (Wildman–Crippen MR) is 71.2 cm³/mol. The fourth-order valence-electron chi connectivity index (χ4n) is 2.81. The summed E-state index contributed by atoms with van der Waals surface area (Å²) in [6.45, 7) is 6.49. The third kappa shape index (κ3) is 3.34. The van der Waals surface area contributed by atoms with Crippen molar-refractivity contribution in [1.82, 2.24) is 4.90 Å². The molecule has 1 saturated heterocycles. The van der Waals surface area contributed by atoms with E-state index in [1.54, 1.807) is 6.26 Å². The lowest BCUT2D eigenvalue weighted by Crippen LogP contribution is -2.46. The van der Waals surface area contributed by atoms with Crippen LogP contribution in [0.4, 0.5) is 0 Å². The summed E-state index contributed by atoms with van der Waals surface area (Å²) in [6.07, 6.45) is 3.97. The molecule has 1 atom stereocenters. The maximum atomic E-state index is 6.00. The summed E-state index contributed by atoms with van der Waals surface area (Å²) >= 11 is 0. The van der Waals surface area contributed by atoms with E-state index >= 15 is 0 Å². The molecule has 1 unspecified atom stereocenters. The van der Waals surface area contributed by atoms with Crippen LogP contribution in [0.1, 0.15) is 25.5 Å². The number of ether oxygens (including phenoxy) is 1. The maximum Gasteiger partial charge on any atom is 0.117 e. The van der Waals surface area contributed by atoms with Gasteiger partial charge in [0.25, 0.3) is 0 Å². The molecule has 1 aromatic rings. The van der Waals surface area contributed by atoms with Crippen LogP contribution < -0.4 is 5.73 Å². The highest BCUT2D eigenvalue weighted by Crippen LogP contribution is 2.23. The molecule has 1 aliphatic heterocycles. The number of hydrogen-bond acceptors (Lipinski definition) is 4. The molecule has 0 bridgehead atoms. The van der Waals surface area contributed by atoms with Crippen LogP contribution in [0.2, 0.25) is 0 Å². The van der Waals surface area contributed by atoms with Gasteiger partial charge in [-0.05, 0) is 37.4 Å². The lowest BCUT2D eigenvalue weighted by molar-refractivity contribution is 0.0251. The molecular weight excluding hydrogens is 228 g/mol. The second-order valence-electron chi connectivity index (χ2n) is 4.90. The smallest absolute Gasteiger partial charge is 0.117 e. The first-order valence-corrected chi connectivity index (χ1v) is 6.89. The van der Waals surface area contributed by atoms with E-state index in [0.29, 0.717) is 18.5 Å².